The van der Waals surface area contributed by atoms with E-state index >= 15 is 0 Å². The Balaban J connectivity index is 2.67. The van der Waals surface area contributed by atoms with E-state index in [-0.39, 0.29) is 22.3 Å². The lowest BCUT2D eigenvalue weighted by atomic mass is 9.96. The molecular weight excluding hydrogens is 304 g/mol. The molecule has 1 N–H and O–H groups in total. The molecular formula is C15H10F4O3. The first-order chi connectivity index (χ1) is 10.2. The van der Waals surface area contributed by atoms with Gasteiger partial charge in [-0.3, -0.25) is 0 Å². The molecule has 2 aromatic rings. The van der Waals surface area contributed by atoms with Crippen molar-refractivity contribution in [1.82, 2.24) is 0 Å². The normalized spacial score (nSPS) is 11.3. The number of para-hydroxylation sites is 1. The first-order valence-corrected chi connectivity index (χ1v) is 6.07. The van der Waals surface area contributed by atoms with Crippen molar-refractivity contribution in [1.29, 1.82) is 0 Å². The molecule has 116 valence electrons. The monoisotopic (exact) mass is 314 g/mol. The maximum Gasteiger partial charge on any atom is 0.573 e. The summed E-state index contributed by atoms with van der Waals surface area (Å²) in [7, 11) is 0. The molecule has 0 aliphatic rings. The van der Waals surface area contributed by atoms with E-state index in [9.17, 15) is 27.5 Å². The molecule has 0 unspecified atom stereocenters. The van der Waals surface area contributed by atoms with Crippen molar-refractivity contribution in [3.63, 3.8) is 0 Å². The summed E-state index contributed by atoms with van der Waals surface area (Å²) in [5.41, 5.74) is -0.570. The highest BCUT2D eigenvalue weighted by Gasteiger charge is 2.32. The SMILES string of the molecule is Cc1cc(C(=O)O)c(-c2ccccc2OC(F)(F)F)cc1F. The predicted octanol–water partition coefficient (Wildman–Crippen LogP) is 4.40. The Morgan fingerprint density at radius 2 is 1.77 bits per heavy atom. The Bertz CT molecular complexity index is 723. The van der Waals surface area contributed by atoms with Crippen molar-refractivity contribution >= 4 is 5.97 Å². The van der Waals surface area contributed by atoms with Gasteiger partial charge in [0.1, 0.15) is 11.6 Å². The zero-order valence-electron chi connectivity index (χ0n) is 11.2. The number of alkyl halides is 3. The van der Waals surface area contributed by atoms with Crippen LogP contribution in [-0.4, -0.2) is 17.4 Å². The van der Waals surface area contributed by atoms with Crippen LogP contribution < -0.4 is 4.74 Å². The molecule has 0 aromatic heterocycles. The van der Waals surface area contributed by atoms with E-state index in [1.54, 1.807) is 0 Å². The van der Waals surface area contributed by atoms with Gasteiger partial charge in [0.15, 0.2) is 0 Å². The van der Waals surface area contributed by atoms with Crippen molar-refractivity contribution in [3.8, 4) is 16.9 Å². The molecule has 0 amide bonds. The summed E-state index contributed by atoms with van der Waals surface area (Å²) >= 11 is 0. The number of halogens is 4. The number of hydrogen-bond acceptors (Lipinski definition) is 2. The average Bonchev–Trinajstić information content (AvgIpc) is 2.40. The fourth-order valence-corrected chi connectivity index (χ4v) is 1.98. The van der Waals surface area contributed by atoms with Crippen LogP contribution in [0.4, 0.5) is 17.6 Å². The van der Waals surface area contributed by atoms with Crippen molar-refractivity contribution in [2.75, 3.05) is 0 Å². The molecule has 22 heavy (non-hydrogen) atoms. The van der Waals surface area contributed by atoms with Crippen LogP contribution in [0.3, 0.4) is 0 Å². The number of carbonyl (C=O) groups is 1. The summed E-state index contributed by atoms with van der Waals surface area (Å²) in [6, 6.07) is 6.93. The molecule has 0 fully saturated rings. The molecule has 0 heterocycles. The smallest absolute Gasteiger partial charge is 0.478 e. The second-order valence-corrected chi connectivity index (χ2v) is 4.50. The van der Waals surface area contributed by atoms with Crippen LogP contribution in [0.2, 0.25) is 0 Å². The molecule has 0 saturated carbocycles. The van der Waals surface area contributed by atoms with Crippen LogP contribution in [0.25, 0.3) is 11.1 Å². The van der Waals surface area contributed by atoms with E-state index in [1.165, 1.54) is 25.1 Å². The Hall–Kier alpha value is -2.57. The number of ether oxygens (including phenoxy) is 1. The first kappa shape index (κ1) is 15.8. The molecule has 0 radical (unpaired) electrons. The van der Waals surface area contributed by atoms with Gasteiger partial charge < -0.3 is 9.84 Å². The van der Waals surface area contributed by atoms with Gasteiger partial charge in [-0.2, -0.15) is 0 Å². The van der Waals surface area contributed by atoms with Gasteiger partial charge >= 0.3 is 12.3 Å². The van der Waals surface area contributed by atoms with E-state index in [0.29, 0.717) is 0 Å². The highest BCUT2D eigenvalue weighted by Crippen LogP contribution is 2.36. The summed E-state index contributed by atoms with van der Waals surface area (Å²) in [5.74, 6) is -2.69. The second-order valence-electron chi connectivity index (χ2n) is 4.50. The molecule has 3 nitrogen and oxygen atoms in total. The molecule has 0 saturated heterocycles. The van der Waals surface area contributed by atoms with E-state index in [4.69, 9.17) is 0 Å². The lowest BCUT2D eigenvalue weighted by Crippen LogP contribution is -2.17. The fraction of sp³-hybridized carbons (Fsp3) is 0.133. The third-order valence-electron chi connectivity index (χ3n) is 2.93. The lowest BCUT2D eigenvalue weighted by molar-refractivity contribution is -0.274. The van der Waals surface area contributed by atoms with Gasteiger partial charge in [-0.15, -0.1) is 13.2 Å². The van der Waals surface area contributed by atoms with Gasteiger partial charge in [-0.1, -0.05) is 18.2 Å². The van der Waals surface area contributed by atoms with Gasteiger partial charge in [-0.25, -0.2) is 9.18 Å². The Morgan fingerprint density at radius 3 is 2.36 bits per heavy atom. The summed E-state index contributed by atoms with van der Waals surface area (Å²) in [6.07, 6.45) is -4.94. The molecule has 2 aromatic carbocycles. The highest BCUT2D eigenvalue weighted by molar-refractivity contribution is 5.97. The summed E-state index contributed by atoms with van der Waals surface area (Å²) in [5, 5.41) is 9.18. The maximum absolute atomic E-state index is 13.7. The van der Waals surface area contributed by atoms with Crippen molar-refractivity contribution in [2.45, 2.75) is 13.3 Å². The van der Waals surface area contributed by atoms with Crippen LogP contribution >= 0.6 is 0 Å². The Labute approximate surface area is 122 Å². The first-order valence-electron chi connectivity index (χ1n) is 6.07. The molecule has 0 spiro atoms. The van der Waals surface area contributed by atoms with Crippen LogP contribution in [0, 0.1) is 12.7 Å². The topological polar surface area (TPSA) is 46.5 Å². The molecule has 2 rings (SSSR count). The van der Waals surface area contributed by atoms with Crippen LogP contribution in [0.15, 0.2) is 36.4 Å². The van der Waals surface area contributed by atoms with Gasteiger partial charge in [0.25, 0.3) is 0 Å². The second kappa shape index (κ2) is 5.67. The average molecular weight is 314 g/mol. The fourth-order valence-electron chi connectivity index (χ4n) is 1.98. The molecule has 0 aliphatic carbocycles. The van der Waals surface area contributed by atoms with Crippen molar-refractivity contribution < 1.29 is 32.2 Å². The summed E-state index contributed by atoms with van der Waals surface area (Å²) in [4.78, 5) is 11.3. The number of benzene rings is 2. The third kappa shape index (κ3) is 3.36. The van der Waals surface area contributed by atoms with Gasteiger partial charge in [0.05, 0.1) is 5.56 Å². The lowest BCUT2D eigenvalue weighted by Gasteiger charge is -2.15. The van der Waals surface area contributed by atoms with Gasteiger partial charge in [0.2, 0.25) is 0 Å². The third-order valence-corrected chi connectivity index (χ3v) is 2.93. The minimum Gasteiger partial charge on any atom is -0.478 e. The minimum absolute atomic E-state index is 0.0790. The number of aromatic carboxylic acids is 1. The standard InChI is InChI=1S/C15H10F4O3/c1-8-6-11(14(20)21)10(7-12(8)16)9-4-2-3-5-13(9)22-15(17,18)19/h2-7H,1H3,(H,20,21). The van der Waals surface area contributed by atoms with Gasteiger partial charge in [-0.05, 0) is 30.7 Å². The van der Waals surface area contributed by atoms with E-state index in [0.717, 1.165) is 18.2 Å². The van der Waals surface area contributed by atoms with E-state index in [1.807, 2.05) is 0 Å². The molecule has 0 aliphatic heterocycles. The van der Waals surface area contributed by atoms with Gasteiger partial charge in [0, 0.05) is 11.1 Å². The highest BCUT2D eigenvalue weighted by atomic mass is 19.4. The van der Waals surface area contributed by atoms with Crippen LogP contribution in [-0.2, 0) is 0 Å². The number of aryl methyl sites for hydroxylation is 1. The van der Waals surface area contributed by atoms with E-state index < -0.39 is 23.9 Å². The van der Waals surface area contributed by atoms with Crippen LogP contribution in [0.5, 0.6) is 5.75 Å². The zero-order chi connectivity index (χ0) is 16.5. The predicted molar refractivity (Wildman–Crippen MR) is 70.2 cm³/mol. The zero-order valence-corrected chi connectivity index (χ0v) is 11.2. The quantitative estimate of drug-likeness (QED) is 0.854. The van der Waals surface area contributed by atoms with E-state index in [2.05, 4.69) is 4.74 Å². The summed E-state index contributed by atoms with van der Waals surface area (Å²) < 4.78 is 54.9. The minimum atomic E-state index is -4.94. The maximum atomic E-state index is 13.7. The number of rotatable bonds is 3. The Morgan fingerprint density at radius 1 is 1.14 bits per heavy atom. The van der Waals surface area contributed by atoms with Crippen molar-refractivity contribution in [3.05, 3.63) is 53.3 Å². The van der Waals surface area contributed by atoms with Crippen molar-refractivity contribution in [2.24, 2.45) is 0 Å². The largest absolute Gasteiger partial charge is 0.573 e. The molecule has 7 heteroatoms. The molecule has 0 bridgehead atoms. The Kier molecular flexibility index (Phi) is 4.07. The number of carboxylic acid groups (broad SMARTS) is 1. The number of hydrogen-bond donors (Lipinski definition) is 1. The summed E-state index contributed by atoms with van der Waals surface area (Å²) in [6.45, 7) is 1.36. The molecule has 0 atom stereocenters. The number of carboxylic acids is 1. The van der Waals surface area contributed by atoms with Crippen LogP contribution in [0.1, 0.15) is 15.9 Å².